The molecule has 2 aromatic carbocycles. The summed E-state index contributed by atoms with van der Waals surface area (Å²) in [5.74, 6) is -0.468. The molecule has 0 spiro atoms. The predicted octanol–water partition coefficient (Wildman–Crippen LogP) is 2.34. The highest BCUT2D eigenvalue weighted by atomic mass is 16.3. The normalized spacial score (nSPS) is 10.7. The van der Waals surface area contributed by atoms with E-state index in [2.05, 4.69) is 24.6 Å². The molecular formula is C20H12N6O4. The van der Waals surface area contributed by atoms with Crippen LogP contribution >= 0.6 is 0 Å². The van der Waals surface area contributed by atoms with E-state index in [1.807, 2.05) is 0 Å². The Morgan fingerprint density at radius 3 is 2.43 bits per heavy atom. The van der Waals surface area contributed by atoms with E-state index in [1.165, 1.54) is 24.3 Å². The number of hydrogen-bond donors (Lipinski definition) is 3. The summed E-state index contributed by atoms with van der Waals surface area (Å²) in [6.45, 7) is 14.8. The number of phenols is 2. The van der Waals surface area contributed by atoms with Crippen LogP contribution in [0.3, 0.4) is 0 Å². The molecule has 0 amide bonds. The SMILES string of the molecule is [C-]#[N+]c1cc2nc3c(=O)[nH]c(=O)nc-3n(CCc3ccc(O)c(O)c3)c2cc1[N+]#[C-]. The lowest BCUT2D eigenvalue weighted by Gasteiger charge is -2.17. The number of aromatic hydroxyl groups is 2. The van der Waals surface area contributed by atoms with E-state index in [9.17, 15) is 19.8 Å². The van der Waals surface area contributed by atoms with Crippen molar-refractivity contribution in [1.29, 1.82) is 0 Å². The first kappa shape index (κ1) is 18.7. The van der Waals surface area contributed by atoms with Crippen molar-refractivity contribution in [2.75, 3.05) is 0 Å². The molecule has 30 heavy (non-hydrogen) atoms. The summed E-state index contributed by atoms with van der Waals surface area (Å²) < 4.78 is 1.58. The first-order valence-electron chi connectivity index (χ1n) is 8.65. The van der Waals surface area contributed by atoms with E-state index in [4.69, 9.17) is 13.1 Å². The number of rotatable bonds is 3. The maximum atomic E-state index is 12.3. The van der Waals surface area contributed by atoms with Crippen molar-refractivity contribution in [2.24, 2.45) is 0 Å². The van der Waals surface area contributed by atoms with E-state index < -0.39 is 11.2 Å². The second kappa shape index (κ2) is 7.04. The third-order valence-electron chi connectivity index (χ3n) is 4.61. The summed E-state index contributed by atoms with van der Waals surface area (Å²) in [4.78, 5) is 41.0. The van der Waals surface area contributed by atoms with Crippen LogP contribution in [0.5, 0.6) is 11.5 Å². The van der Waals surface area contributed by atoms with Crippen molar-refractivity contribution in [1.82, 2.24) is 19.5 Å². The molecule has 0 saturated carbocycles. The zero-order valence-corrected chi connectivity index (χ0v) is 15.2. The minimum absolute atomic E-state index is 0.0470. The van der Waals surface area contributed by atoms with Crippen molar-refractivity contribution in [3.63, 3.8) is 0 Å². The Morgan fingerprint density at radius 2 is 1.73 bits per heavy atom. The number of aromatic nitrogens is 4. The summed E-state index contributed by atoms with van der Waals surface area (Å²) in [6, 6.07) is 7.28. The third-order valence-corrected chi connectivity index (χ3v) is 4.61. The van der Waals surface area contributed by atoms with Crippen molar-refractivity contribution >= 4 is 22.4 Å². The van der Waals surface area contributed by atoms with Crippen molar-refractivity contribution in [3.8, 4) is 23.0 Å². The van der Waals surface area contributed by atoms with Gasteiger partial charge in [-0.05, 0) is 36.2 Å². The van der Waals surface area contributed by atoms with Gasteiger partial charge in [-0.2, -0.15) is 4.98 Å². The zero-order valence-electron chi connectivity index (χ0n) is 15.2. The average Bonchev–Trinajstić information content (AvgIpc) is 2.73. The van der Waals surface area contributed by atoms with Gasteiger partial charge in [0.2, 0.25) is 0 Å². The third kappa shape index (κ3) is 3.08. The molecular weight excluding hydrogens is 388 g/mol. The van der Waals surface area contributed by atoms with Crippen molar-refractivity contribution in [3.05, 3.63) is 79.6 Å². The number of hydrogen-bond acceptors (Lipinski definition) is 6. The number of aromatic amines is 1. The summed E-state index contributed by atoms with van der Waals surface area (Å²) in [7, 11) is 0. The van der Waals surface area contributed by atoms with Gasteiger partial charge in [-0.1, -0.05) is 6.07 Å². The number of phenolic OH excluding ortho intramolecular Hbond substituents is 2. The van der Waals surface area contributed by atoms with E-state index in [0.29, 0.717) is 23.0 Å². The van der Waals surface area contributed by atoms with Crippen molar-refractivity contribution < 1.29 is 10.2 Å². The first-order valence-corrected chi connectivity index (χ1v) is 8.65. The molecule has 146 valence electrons. The monoisotopic (exact) mass is 400 g/mol. The topological polar surface area (TPSA) is 130 Å². The Labute approximate surface area is 168 Å². The van der Waals surface area contributed by atoms with Gasteiger partial charge >= 0.3 is 5.69 Å². The van der Waals surface area contributed by atoms with E-state index >= 15 is 0 Å². The highest BCUT2D eigenvalue weighted by Crippen LogP contribution is 2.34. The highest BCUT2D eigenvalue weighted by molar-refractivity contribution is 5.90. The van der Waals surface area contributed by atoms with Crippen LogP contribution < -0.4 is 11.2 Å². The Bertz CT molecular complexity index is 1490. The fourth-order valence-corrected chi connectivity index (χ4v) is 3.19. The summed E-state index contributed by atoms with van der Waals surface area (Å²) in [6.07, 6.45) is 0.354. The van der Waals surface area contributed by atoms with Gasteiger partial charge in [0.15, 0.2) is 34.4 Å². The van der Waals surface area contributed by atoms with Crippen LogP contribution in [0.1, 0.15) is 5.56 Å². The fourth-order valence-electron chi connectivity index (χ4n) is 3.19. The Hall–Kier alpha value is -4.70. The van der Waals surface area contributed by atoms with E-state index in [0.717, 1.165) is 0 Å². The first-order chi connectivity index (χ1) is 14.4. The van der Waals surface area contributed by atoms with Gasteiger partial charge in [-0.25, -0.2) is 9.78 Å². The molecule has 0 fully saturated rings. The van der Waals surface area contributed by atoms with Gasteiger partial charge in [-0.3, -0.25) is 19.5 Å². The maximum Gasteiger partial charge on any atom is 0.349 e. The maximum absolute atomic E-state index is 12.3. The number of aryl methyl sites for hydroxylation is 2. The van der Waals surface area contributed by atoms with Crippen LogP contribution in [0.2, 0.25) is 0 Å². The van der Waals surface area contributed by atoms with E-state index in [-0.39, 0.29) is 40.9 Å². The van der Waals surface area contributed by atoms with Crippen LogP contribution in [-0.2, 0) is 13.0 Å². The minimum Gasteiger partial charge on any atom is -0.504 e. The minimum atomic E-state index is -0.826. The summed E-state index contributed by atoms with van der Waals surface area (Å²) in [5, 5.41) is 19.2. The lowest BCUT2D eigenvalue weighted by molar-refractivity contribution is 0.403. The average molecular weight is 400 g/mol. The Morgan fingerprint density at radius 1 is 1.00 bits per heavy atom. The van der Waals surface area contributed by atoms with Crippen LogP contribution in [0, 0.1) is 13.1 Å². The summed E-state index contributed by atoms with van der Waals surface area (Å²) >= 11 is 0. The fraction of sp³-hybridized carbons (Fsp3) is 0.100. The summed E-state index contributed by atoms with van der Waals surface area (Å²) in [5.41, 5.74) is 0.0377. The van der Waals surface area contributed by atoms with Gasteiger partial charge in [0.1, 0.15) is 0 Å². The molecule has 2 aromatic rings. The number of nitrogens with one attached hydrogen (secondary N) is 1. The molecule has 2 heterocycles. The van der Waals surface area contributed by atoms with Gasteiger partial charge in [-0.15, -0.1) is 0 Å². The number of fused-ring (bicyclic) bond motifs is 2. The Balaban J connectivity index is 1.97. The molecule has 10 nitrogen and oxygen atoms in total. The Kier molecular flexibility index (Phi) is 4.38. The highest BCUT2D eigenvalue weighted by Gasteiger charge is 2.20. The van der Waals surface area contributed by atoms with Crippen molar-refractivity contribution in [2.45, 2.75) is 13.0 Å². The van der Waals surface area contributed by atoms with Gasteiger partial charge < -0.3 is 14.8 Å². The second-order valence-electron chi connectivity index (χ2n) is 6.43. The number of nitrogens with zero attached hydrogens (tertiary/aromatic N) is 5. The molecule has 0 unspecified atom stereocenters. The molecule has 0 saturated heterocycles. The standard InChI is InChI=1S/C20H12N6O4/c1-21-11-8-13-14(9-12(11)22-2)26(6-5-10-3-4-15(27)16(28)7-10)18-17(23-13)19(29)25-20(30)24-18/h3-4,7-9,27-28H,5-6H2,(H,25,29,30). The van der Waals surface area contributed by atoms with Gasteiger partial charge in [0, 0.05) is 6.54 Å². The molecule has 2 aliphatic heterocycles. The van der Waals surface area contributed by atoms with Crippen LogP contribution in [0.25, 0.3) is 32.2 Å². The molecule has 0 radical (unpaired) electrons. The van der Waals surface area contributed by atoms with Crippen LogP contribution in [-0.4, -0.2) is 29.7 Å². The van der Waals surface area contributed by atoms with Gasteiger partial charge in [0.25, 0.3) is 5.56 Å². The lowest BCUT2D eigenvalue weighted by Crippen LogP contribution is -2.29. The lowest BCUT2D eigenvalue weighted by atomic mass is 10.1. The molecule has 10 heteroatoms. The molecule has 0 aromatic heterocycles. The molecule has 2 aliphatic rings. The molecule has 4 rings (SSSR count). The molecule has 0 atom stereocenters. The quantitative estimate of drug-likeness (QED) is 0.275. The number of benzene rings is 2. The zero-order chi connectivity index (χ0) is 21.4. The molecule has 0 bridgehead atoms. The largest absolute Gasteiger partial charge is 0.504 e. The molecule has 3 N–H and O–H groups in total. The molecule has 0 aliphatic carbocycles. The smallest absolute Gasteiger partial charge is 0.349 e. The van der Waals surface area contributed by atoms with Gasteiger partial charge in [0.05, 0.1) is 24.2 Å². The van der Waals surface area contributed by atoms with Crippen LogP contribution in [0.15, 0.2) is 39.9 Å². The number of H-pyrrole nitrogens is 1. The second-order valence-corrected chi connectivity index (χ2v) is 6.43. The van der Waals surface area contributed by atoms with E-state index in [1.54, 1.807) is 10.6 Å². The van der Waals surface area contributed by atoms with Crippen LogP contribution in [0.4, 0.5) is 11.4 Å². The predicted molar refractivity (Wildman–Crippen MR) is 107 cm³/mol.